The molecule has 0 amide bonds. The van der Waals surface area contributed by atoms with Gasteiger partial charge in [-0.2, -0.15) is 4.98 Å². The van der Waals surface area contributed by atoms with E-state index in [9.17, 15) is 9.59 Å². The number of fused-ring (bicyclic) bond motifs is 1. The molecule has 7 N–H and O–H groups in total. The Kier molecular flexibility index (Phi) is 9.80. The van der Waals surface area contributed by atoms with Crippen molar-refractivity contribution in [3.63, 3.8) is 0 Å². The van der Waals surface area contributed by atoms with Gasteiger partial charge in [-0.1, -0.05) is 20.3 Å². The first kappa shape index (κ1) is 23.8. The van der Waals surface area contributed by atoms with Crippen LogP contribution >= 0.6 is 12.4 Å². The molecule has 2 aromatic rings. The third-order valence-corrected chi connectivity index (χ3v) is 3.72. The smallest absolute Gasteiger partial charge is 0.323 e. The third kappa shape index (κ3) is 5.66. The van der Waals surface area contributed by atoms with Crippen molar-refractivity contribution < 1.29 is 19.7 Å². The third-order valence-electron chi connectivity index (χ3n) is 3.72. The van der Waals surface area contributed by atoms with E-state index >= 15 is 0 Å². The summed E-state index contributed by atoms with van der Waals surface area (Å²) in [6.45, 7) is 4.22. The van der Waals surface area contributed by atoms with E-state index in [-0.39, 0.29) is 55.2 Å². The second kappa shape index (κ2) is 10.7. The first-order chi connectivity index (χ1) is 11.4. The van der Waals surface area contributed by atoms with Gasteiger partial charge in [0.05, 0.1) is 12.9 Å². The zero-order valence-electron chi connectivity index (χ0n) is 14.6. The SMILES string of the molecule is CC[C@H](C)[C@H](N)C(=O)OCCOCn1cnc2c(=O)[nH]c(N)nc21.Cl.O. The minimum atomic E-state index is -0.633. The second-order valence-corrected chi connectivity index (χ2v) is 5.45. The van der Waals surface area contributed by atoms with E-state index in [0.717, 1.165) is 6.42 Å². The molecule has 0 aromatic carbocycles. The first-order valence-corrected chi connectivity index (χ1v) is 7.64. The summed E-state index contributed by atoms with van der Waals surface area (Å²) >= 11 is 0. The number of H-pyrrole nitrogens is 1. The van der Waals surface area contributed by atoms with Crippen LogP contribution in [0, 0.1) is 5.92 Å². The van der Waals surface area contributed by atoms with Gasteiger partial charge in [-0.05, 0) is 5.92 Å². The van der Waals surface area contributed by atoms with Crippen molar-refractivity contribution in [2.24, 2.45) is 11.7 Å². The molecule has 26 heavy (non-hydrogen) atoms. The van der Waals surface area contributed by atoms with Gasteiger partial charge in [-0.25, -0.2) is 4.98 Å². The van der Waals surface area contributed by atoms with E-state index in [1.165, 1.54) is 10.9 Å². The Morgan fingerprint density at radius 2 is 2.12 bits per heavy atom. The minimum Gasteiger partial charge on any atom is -0.462 e. The molecule has 0 unspecified atom stereocenters. The summed E-state index contributed by atoms with van der Waals surface area (Å²) in [5, 5.41) is 0. The number of ether oxygens (including phenoxy) is 2. The predicted octanol–water partition coefficient (Wildman–Crippen LogP) is -0.810. The molecule has 0 bridgehead atoms. The number of carbonyl (C=O) groups excluding carboxylic acids is 1. The Balaban J connectivity index is 0.00000312. The maximum atomic E-state index is 11.7. The minimum absolute atomic E-state index is 0. The van der Waals surface area contributed by atoms with Gasteiger partial charge < -0.3 is 26.4 Å². The Morgan fingerprint density at radius 3 is 2.77 bits per heavy atom. The monoisotopic (exact) mass is 392 g/mol. The molecule has 11 nitrogen and oxygen atoms in total. The number of aromatic nitrogens is 4. The zero-order valence-corrected chi connectivity index (χ0v) is 15.4. The fourth-order valence-electron chi connectivity index (χ4n) is 2.01. The number of carbonyl (C=O) groups is 1. The molecular weight excluding hydrogens is 368 g/mol. The van der Waals surface area contributed by atoms with Crippen LogP contribution in [0.1, 0.15) is 20.3 Å². The number of imidazole rings is 1. The number of hydrogen-bond acceptors (Lipinski definition) is 8. The lowest BCUT2D eigenvalue weighted by Gasteiger charge is -2.16. The molecule has 0 aliphatic rings. The molecule has 2 heterocycles. The Bertz CT molecular complexity index is 764. The van der Waals surface area contributed by atoms with Gasteiger partial charge in [0.15, 0.2) is 11.2 Å². The summed E-state index contributed by atoms with van der Waals surface area (Å²) in [5.74, 6) is -0.380. The number of hydrogen-bond donors (Lipinski definition) is 3. The second-order valence-electron chi connectivity index (χ2n) is 5.45. The molecule has 0 fully saturated rings. The van der Waals surface area contributed by atoms with Crippen molar-refractivity contribution in [1.82, 2.24) is 19.5 Å². The topological polar surface area (TPSA) is 183 Å². The zero-order chi connectivity index (χ0) is 17.7. The van der Waals surface area contributed by atoms with E-state index in [1.54, 1.807) is 0 Å². The van der Waals surface area contributed by atoms with Gasteiger partial charge in [0, 0.05) is 0 Å². The molecule has 0 saturated carbocycles. The van der Waals surface area contributed by atoms with E-state index < -0.39 is 17.6 Å². The maximum absolute atomic E-state index is 11.7. The fourth-order valence-corrected chi connectivity index (χ4v) is 2.01. The number of esters is 1. The van der Waals surface area contributed by atoms with Crippen LogP contribution in [0.3, 0.4) is 0 Å². The molecule has 0 radical (unpaired) electrons. The molecule has 0 spiro atoms. The van der Waals surface area contributed by atoms with Crippen molar-refractivity contribution in [1.29, 1.82) is 0 Å². The lowest BCUT2D eigenvalue weighted by molar-refractivity contribution is -0.148. The number of halogens is 1. The van der Waals surface area contributed by atoms with Gasteiger partial charge in [-0.3, -0.25) is 19.1 Å². The van der Waals surface area contributed by atoms with Crippen LogP contribution in [0.25, 0.3) is 11.2 Å². The predicted molar refractivity (Wildman–Crippen MR) is 97.8 cm³/mol. The van der Waals surface area contributed by atoms with Crippen molar-refractivity contribution in [2.75, 3.05) is 18.9 Å². The van der Waals surface area contributed by atoms with Crippen molar-refractivity contribution in [3.8, 4) is 0 Å². The lowest BCUT2D eigenvalue weighted by Crippen LogP contribution is -2.38. The summed E-state index contributed by atoms with van der Waals surface area (Å²) in [7, 11) is 0. The highest BCUT2D eigenvalue weighted by Gasteiger charge is 2.20. The number of aromatic amines is 1. The number of nitrogens with zero attached hydrogens (tertiary/aromatic N) is 3. The van der Waals surface area contributed by atoms with Gasteiger partial charge >= 0.3 is 5.97 Å². The molecule has 2 atom stereocenters. The largest absolute Gasteiger partial charge is 0.462 e. The average Bonchev–Trinajstić information content (AvgIpc) is 2.96. The Morgan fingerprint density at radius 1 is 1.42 bits per heavy atom. The van der Waals surface area contributed by atoms with Crippen LogP contribution in [0.15, 0.2) is 11.1 Å². The molecule has 0 aliphatic heterocycles. The molecular formula is C14H25ClN6O5. The Labute approximate surface area is 155 Å². The van der Waals surface area contributed by atoms with Crippen LogP contribution in [0.5, 0.6) is 0 Å². The molecule has 0 saturated heterocycles. The highest BCUT2D eigenvalue weighted by Crippen LogP contribution is 2.07. The molecule has 12 heteroatoms. The summed E-state index contributed by atoms with van der Waals surface area (Å²) in [6, 6.07) is -0.633. The summed E-state index contributed by atoms with van der Waals surface area (Å²) in [4.78, 5) is 33.7. The average molecular weight is 393 g/mol. The first-order valence-electron chi connectivity index (χ1n) is 7.64. The van der Waals surface area contributed by atoms with E-state index in [4.69, 9.17) is 20.9 Å². The lowest BCUT2D eigenvalue weighted by atomic mass is 10.0. The number of nitrogens with one attached hydrogen (secondary N) is 1. The van der Waals surface area contributed by atoms with Crippen LogP contribution in [-0.2, 0) is 21.0 Å². The van der Waals surface area contributed by atoms with Gasteiger partial charge in [0.1, 0.15) is 19.4 Å². The molecule has 148 valence electrons. The van der Waals surface area contributed by atoms with Crippen molar-refractivity contribution in [3.05, 3.63) is 16.7 Å². The van der Waals surface area contributed by atoms with Crippen LogP contribution in [-0.4, -0.2) is 50.2 Å². The van der Waals surface area contributed by atoms with Crippen LogP contribution < -0.4 is 17.0 Å². The highest BCUT2D eigenvalue weighted by molar-refractivity contribution is 5.85. The van der Waals surface area contributed by atoms with Gasteiger partial charge in [0.25, 0.3) is 5.56 Å². The maximum Gasteiger partial charge on any atom is 0.323 e. The summed E-state index contributed by atoms with van der Waals surface area (Å²) < 4.78 is 12.0. The normalized spacial score (nSPS) is 12.7. The van der Waals surface area contributed by atoms with Crippen LogP contribution in [0.2, 0.25) is 0 Å². The summed E-state index contributed by atoms with van der Waals surface area (Å²) in [6.07, 6.45) is 2.23. The van der Waals surface area contributed by atoms with E-state index in [0.29, 0.717) is 5.65 Å². The van der Waals surface area contributed by atoms with Crippen molar-refractivity contribution >= 4 is 35.5 Å². The number of nitrogen functional groups attached to an aromatic ring is 1. The van der Waals surface area contributed by atoms with Gasteiger partial charge in [0.2, 0.25) is 5.95 Å². The number of anilines is 1. The van der Waals surface area contributed by atoms with E-state index in [1.807, 2.05) is 13.8 Å². The number of rotatable bonds is 8. The van der Waals surface area contributed by atoms with E-state index in [2.05, 4.69) is 15.0 Å². The highest BCUT2D eigenvalue weighted by atomic mass is 35.5. The van der Waals surface area contributed by atoms with Gasteiger partial charge in [-0.15, -0.1) is 12.4 Å². The van der Waals surface area contributed by atoms with Crippen LogP contribution in [0.4, 0.5) is 5.95 Å². The van der Waals surface area contributed by atoms with Crippen molar-refractivity contribution in [2.45, 2.75) is 33.0 Å². The quantitative estimate of drug-likeness (QED) is 0.384. The number of nitrogens with two attached hydrogens (primary N) is 2. The summed E-state index contributed by atoms with van der Waals surface area (Å²) in [5.41, 5.74) is 11.4. The molecule has 0 aliphatic carbocycles. The molecule has 2 aromatic heterocycles. The standard InChI is InChI=1S/C14H22N6O4.ClH.H2O/c1-3-8(2)9(15)13(22)24-5-4-23-7-20-6-17-10-11(20)18-14(16)19-12(10)21;;/h6,8-9H,3-5,7,15H2,1-2H3,(H3,16,18,19,21);1H;1H2/t8-,9-;;/m0../s1. The fraction of sp³-hybridized carbons (Fsp3) is 0.571. The Hall–Kier alpha value is -2.21. The molecule has 2 rings (SSSR count).